The largest absolute Gasteiger partial charge is 0.463 e. The number of hydrogen-bond acceptors (Lipinski definition) is 11. The zero-order chi connectivity index (χ0) is 27.2. The molecular weight excluding hydrogens is 497 g/mol. The van der Waals surface area contributed by atoms with Crippen LogP contribution in [0.3, 0.4) is 0 Å². The second-order valence-corrected chi connectivity index (χ2v) is 7.55. The number of alkyl halides is 3. The minimum Gasteiger partial charge on any atom is -0.463 e. The fourth-order valence-corrected chi connectivity index (χ4v) is 3.28. The Kier molecular flexibility index (Phi) is 9.39. The van der Waals surface area contributed by atoms with Crippen LogP contribution in [0.15, 0.2) is 24.3 Å². The maximum absolute atomic E-state index is 13.1. The summed E-state index contributed by atoms with van der Waals surface area (Å²) < 4.78 is 70.3. The van der Waals surface area contributed by atoms with Crippen LogP contribution < -0.4 is 0 Å². The molecule has 1 heterocycles. The Bertz CT molecular complexity index is 1010. The second-order valence-electron chi connectivity index (χ2n) is 7.55. The Morgan fingerprint density at radius 3 is 1.89 bits per heavy atom. The summed E-state index contributed by atoms with van der Waals surface area (Å²) in [6.07, 6.45) is -12.8. The van der Waals surface area contributed by atoms with E-state index in [9.17, 15) is 37.1 Å². The molecule has 0 spiro atoms. The van der Waals surface area contributed by atoms with Gasteiger partial charge in [-0.05, 0) is 18.2 Å². The molecule has 1 aromatic carbocycles. The molecule has 1 fully saturated rings. The summed E-state index contributed by atoms with van der Waals surface area (Å²) in [5.74, 6) is -4.79. The lowest BCUT2D eigenvalue weighted by Crippen LogP contribution is -2.63. The maximum Gasteiger partial charge on any atom is 0.416 e. The molecule has 0 bridgehead atoms. The van der Waals surface area contributed by atoms with Gasteiger partial charge in [-0.15, -0.1) is 0 Å². The van der Waals surface area contributed by atoms with E-state index in [4.69, 9.17) is 28.4 Å². The summed E-state index contributed by atoms with van der Waals surface area (Å²) in [6, 6.07) is 3.30. The first-order valence-corrected chi connectivity index (χ1v) is 10.4. The molecule has 0 N–H and O–H groups in total. The topological polar surface area (TPSA) is 141 Å². The van der Waals surface area contributed by atoms with Crippen molar-refractivity contribution < 1.29 is 65.6 Å². The molecule has 1 aromatic rings. The Hall–Kier alpha value is -3.68. The first kappa shape index (κ1) is 28.6. The zero-order valence-corrected chi connectivity index (χ0v) is 19.5. The molecule has 36 heavy (non-hydrogen) atoms. The summed E-state index contributed by atoms with van der Waals surface area (Å²) in [5, 5.41) is 0. The molecule has 14 heteroatoms. The van der Waals surface area contributed by atoms with Crippen molar-refractivity contribution in [2.75, 3.05) is 6.61 Å². The quantitative estimate of drug-likeness (QED) is 0.385. The van der Waals surface area contributed by atoms with E-state index < -0.39 is 84.5 Å². The van der Waals surface area contributed by atoms with Gasteiger partial charge in [0.1, 0.15) is 12.7 Å². The lowest BCUT2D eigenvalue weighted by molar-refractivity contribution is -0.294. The van der Waals surface area contributed by atoms with Crippen LogP contribution in [0.5, 0.6) is 0 Å². The van der Waals surface area contributed by atoms with Crippen molar-refractivity contribution in [3.8, 4) is 0 Å². The number of halogens is 3. The van der Waals surface area contributed by atoms with E-state index in [0.29, 0.717) is 6.07 Å². The number of rotatable bonds is 7. The van der Waals surface area contributed by atoms with Crippen LogP contribution in [0, 0.1) is 0 Å². The number of carbonyl (C=O) groups excluding carboxylic acids is 5. The molecule has 0 radical (unpaired) electrons. The molecular formula is C22H23F3O11. The Morgan fingerprint density at radius 1 is 0.806 bits per heavy atom. The molecule has 0 aromatic heterocycles. The third-order valence-corrected chi connectivity index (χ3v) is 4.60. The van der Waals surface area contributed by atoms with Gasteiger partial charge in [-0.25, -0.2) is 4.79 Å². The van der Waals surface area contributed by atoms with Crippen LogP contribution in [0.25, 0.3) is 0 Å². The number of benzene rings is 1. The third-order valence-electron chi connectivity index (χ3n) is 4.60. The van der Waals surface area contributed by atoms with Gasteiger partial charge in [0, 0.05) is 27.7 Å². The standard InChI is InChI=1S/C22H23F3O11/c1-10(26)31-9-16-17(32-11(2)27)18(33-12(3)28)19(34-13(4)29)21(35-16)36-20(30)14-6-5-7-15(8-14)22(23,24)25/h5-8,16-19,21H,9H2,1-4H3/t16-,17+,18+,19-,21+/m1/s1. The predicted octanol–water partition coefficient (Wildman–Crippen LogP) is 1.95. The van der Waals surface area contributed by atoms with Crippen molar-refractivity contribution in [3.05, 3.63) is 35.4 Å². The highest BCUT2D eigenvalue weighted by atomic mass is 19.4. The van der Waals surface area contributed by atoms with Gasteiger partial charge in [0.25, 0.3) is 0 Å². The normalized spacial score (nSPS) is 23.7. The van der Waals surface area contributed by atoms with Crippen molar-refractivity contribution in [2.24, 2.45) is 0 Å². The number of carbonyl (C=O) groups is 5. The molecule has 0 unspecified atom stereocenters. The second kappa shape index (κ2) is 11.8. The fourth-order valence-electron chi connectivity index (χ4n) is 3.28. The number of esters is 5. The Labute approximate surface area is 202 Å². The fraction of sp³-hybridized carbons (Fsp3) is 0.500. The van der Waals surface area contributed by atoms with Gasteiger partial charge in [-0.3, -0.25) is 19.2 Å². The zero-order valence-electron chi connectivity index (χ0n) is 19.5. The first-order valence-electron chi connectivity index (χ1n) is 10.4. The molecule has 198 valence electrons. The van der Waals surface area contributed by atoms with Crippen molar-refractivity contribution in [1.82, 2.24) is 0 Å². The van der Waals surface area contributed by atoms with E-state index in [1.165, 1.54) is 0 Å². The molecule has 1 aliphatic rings. The summed E-state index contributed by atoms with van der Waals surface area (Å²) in [5.41, 5.74) is -1.64. The van der Waals surface area contributed by atoms with E-state index in [0.717, 1.165) is 45.9 Å². The predicted molar refractivity (Wildman–Crippen MR) is 109 cm³/mol. The summed E-state index contributed by atoms with van der Waals surface area (Å²) in [6.45, 7) is 3.49. The average Bonchev–Trinajstić information content (AvgIpc) is 2.75. The third kappa shape index (κ3) is 7.93. The molecule has 11 nitrogen and oxygen atoms in total. The van der Waals surface area contributed by atoms with Crippen molar-refractivity contribution in [1.29, 1.82) is 0 Å². The van der Waals surface area contributed by atoms with Gasteiger partial charge in [0.05, 0.1) is 11.1 Å². The van der Waals surface area contributed by atoms with E-state index in [1.807, 2.05) is 0 Å². The lowest BCUT2D eigenvalue weighted by Gasteiger charge is -2.43. The summed E-state index contributed by atoms with van der Waals surface area (Å²) >= 11 is 0. The number of hydrogen-bond donors (Lipinski definition) is 0. The van der Waals surface area contributed by atoms with Crippen LogP contribution in [0.4, 0.5) is 13.2 Å². The van der Waals surface area contributed by atoms with Crippen LogP contribution in [0.1, 0.15) is 43.6 Å². The number of ether oxygens (including phenoxy) is 6. The van der Waals surface area contributed by atoms with Gasteiger partial charge in [-0.1, -0.05) is 6.07 Å². The molecule has 0 amide bonds. The summed E-state index contributed by atoms with van der Waals surface area (Å²) in [7, 11) is 0. The van der Waals surface area contributed by atoms with Crippen molar-refractivity contribution in [3.63, 3.8) is 0 Å². The Morgan fingerprint density at radius 2 is 1.36 bits per heavy atom. The molecule has 0 saturated carbocycles. The van der Waals surface area contributed by atoms with E-state index in [1.54, 1.807) is 0 Å². The van der Waals surface area contributed by atoms with E-state index in [-0.39, 0.29) is 0 Å². The monoisotopic (exact) mass is 520 g/mol. The van der Waals surface area contributed by atoms with Crippen LogP contribution in [-0.2, 0) is 53.8 Å². The van der Waals surface area contributed by atoms with Gasteiger partial charge < -0.3 is 28.4 Å². The minimum absolute atomic E-state index is 0.516. The van der Waals surface area contributed by atoms with Crippen LogP contribution >= 0.6 is 0 Å². The van der Waals surface area contributed by atoms with Crippen LogP contribution in [0.2, 0.25) is 0 Å². The lowest BCUT2D eigenvalue weighted by atomic mass is 9.98. The summed E-state index contributed by atoms with van der Waals surface area (Å²) in [4.78, 5) is 59.3. The highest BCUT2D eigenvalue weighted by Crippen LogP contribution is 2.32. The van der Waals surface area contributed by atoms with Gasteiger partial charge in [-0.2, -0.15) is 13.2 Å². The molecule has 0 aliphatic carbocycles. The molecule has 1 saturated heterocycles. The average molecular weight is 520 g/mol. The molecule has 2 rings (SSSR count). The van der Waals surface area contributed by atoms with Gasteiger partial charge >= 0.3 is 36.0 Å². The van der Waals surface area contributed by atoms with Crippen molar-refractivity contribution >= 4 is 29.8 Å². The minimum atomic E-state index is -4.75. The smallest absolute Gasteiger partial charge is 0.416 e. The maximum atomic E-state index is 13.1. The van der Waals surface area contributed by atoms with E-state index in [2.05, 4.69) is 0 Å². The van der Waals surface area contributed by atoms with Crippen LogP contribution in [-0.4, -0.2) is 67.2 Å². The molecule has 5 atom stereocenters. The van der Waals surface area contributed by atoms with E-state index >= 15 is 0 Å². The van der Waals surface area contributed by atoms with Gasteiger partial charge in [0.2, 0.25) is 12.4 Å². The van der Waals surface area contributed by atoms with Crippen molar-refractivity contribution in [2.45, 2.75) is 64.6 Å². The van der Waals surface area contributed by atoms with Gasteiger partial charge in [0.15, 0.2) is 12.2 Å². The molecule has 1 aliphatic heterocycles. The highest BCUT2D eigenvalue weighted by Gasteiger charge is 2.53. The SMILES string of the molecule is CC(=O)OC[C@H]1O[C@@H](OC(=O)c2cccc(C(F)(F)F)c2)[C@H](OC(C)=O)[C@@H](OC(C)=O)[C@H]1OC(C)=O. The Balaban J connectivity index is 2.46. The highest BCUT2D eigenvalue weighted by molar-refractivity contribution is 5.89. The first-order chi connectivity index (χ1) is 16.7.